The Kier molecular flexibility index (Phi) is 4.32. The van der Waals surface area contributed by atoms with Crippen molar-refractivity contribution in [3.63, 3.8) is 0 Å². The summed E-state index contributed by atoms with van der Waals surface area (Å²) in [5, 5.41) is 23.5. The van der Waals surface area contributed by atoms with Crippen molar-refractivity contribution < 1.29 is 0 Å². The van der Waals surface area contributed by atoms with Crippen LogP contribution in [-0.2, 0) is 0 Å². The Morgan fingerprint density at radius 3 is 2.36 bits per heavy atom. The maximum atomic E-state index is 9.57. The number of hydrogen-bond acceptors (Lipinski definition) is 4. The SMILES string of the molecule is Cc1ccc(/C=C(\C#N)c2nn(-c3ccccc3)c(N)c2C#N)cc1. The van der Waals surface area contributed by atoms with Gasteiger partial charge in [0.25, 0.3) is 0 Å². The Morgan fingerprint density at radius 2 is 1.76 bits per heavy atom. The fraction of sp³-hybridized carbons (Fsp3) is 0.0500. The topological polar surface area (TPSA) is 91.4 Å². The Balaban J connectivity index is 2.14. The number of anilines is 1. The van der Waals surface area contributed by atoms with Crippen molar-refractivity contribution in [3.05, 3.63) is 77.0 Å². The minimum Gasteiger partial charge on any atom is -0.382 e. The van der Waals surface area contributed by atoms with E-state index < -0.39 is 0 Å². The molecule has 0 unspecified atom stereocenters. The first kappa shape index (κ1) is 16.0. The summed E-state index contributed by atoms with van der Waals surface area (Å²) in [7, 11) is 0. The lowest BCUT2D eigenvalue weighted by Crippen LogP contribution is -2.02. The second-order valence-electron chi connectivity index (χ2n) is 5.55. The van der Waals surface area contributed by atoms with Gasteiger partial charge >= 0.3 is 0 Å². The number of nitriles is 2. The zero-order valence-corrected chi connectivity index (χ0v) is 13.6. The Morgan fingerprint density at radius 1 is 1.08 bits per heavy atom. The molecule has 0 fully saturated rings. The first-order valence-electron chi connectivity index (χ1n) is 7.67. The number of nitrogens with zero attached hydrogens (tertiary/aromatic N) is 4. The number of allylic oxidation sites excluding steroid dienone is 1. The second kappa shape index (κ2) is 6.74. The van der Waals surface area contributed by atoms with E-state index in [0.29, 0.717) is 5.57 Å². The third-order valence-corrected chi connectivity index (χ3v) is 3.80. The zero-order chi connectivity index (χ0) is 17.8. The summed E-state index contributed by atoms with van der Waals surface area (Å²) in [5.74, 6) is 0.216. The fourth-order valence-electron chi connectivity index (χ4n) is 2.48. The summed E-state index contributed by atoms with van der Waals surface area (Å²) in [6.07, 6.45) is 1.71. The van der Waals surface area contributed by atoms with Crippen LogP contribution in [0.25, 0.3) is 17.3 Å². The van der Waals surface area contributed by atoms with Gasteiger partial charge in [0.15, 0.2) is 0 Å². The maximum absolute atomic E-state index is 9.57. The minimum atomic E-state index is 0.198. The van der Waals surface area contributed by atoms with Crippen molar-refractivity contribution in [1.29, 1.82) is 10.5 Å². The molecule has 3 rings (SSSR count). The monoisotopic (exact) mass is 325 g/mol. The van der Waals surface area contributed by atoms with Gasteiger partial charge in [-0.2, -0.15) is 15.6 Å². The molecule has 0 atom stereocenters. The predicted octanol–water partition coefficient (Wildman–Crippen LogP) is 3.70. The van der Waals surface area contributed by atoms with Crippen molar-refractivity contribution in [1.82, 2.24) is 9.78 Å². The molecule has 5 heteroatoms. The molecule has 1 aromatic heterocycles. The van der Waals surface area contributed by atoms with Crippen LogP contribution in [0.3, 0.4) is 0 Å². The summed E-state index contributed by atoms with van der Waals surface area (Å²) in [6, 6.07) is 21.2. The van der Waals surface area contributed by atoms with E-state index in [9.17, 15) is 10.5 Å². The number of aryl methyl sites for hydroxylation is 1. The fourth-order valence-corrected chi connectivity index (χ4v) is 2.48. The molecule has 120 valence electrons. The molecule has 0 aliphatic rings. The number of nitrogens with two attached hydrogens (primary N) is 1. The molecule has 0 saturated carbocycles. The van der Waals surface area contributed by atoms with Crippen LogP contribution in [-0.4, -0.2) is 9.78 Å². The van der Waals surface area contributed by atoms with Crippen molar-refractivity contribution in [3.8, 4) is 17.8 Å². The van der Waals surface area contributed by atoms with Gasteiger partial charge in [0, 0.05) is 0 Å². The van der Waals surface area contributed by atoms with Crippen molar-refractivity contribution >= 4 is 17.5 Å². The van der Waals surface area contributed by atoms with Crippen LogP contribution in [0.1, 0.15) is 22.4 Å². The van der Waals surface area contributed by atoms with Gasteiger partial charge in [0.2, 0.25) is 0 Å². The van der Waals surface area contributed by atoms with E-state index in [4.69, 9.17) is 5.73 Å². The van der Waals surface area contributed by atoms with Crippen LogP contribution >= 0.6 is 0 Å². The highest BCUT2D eigenvalue weighted by Crippen LogP contribution is 2.26. The molecule has 1 heterocycles. The summed E-state index contributed by atoms with van der Waals surface area (Å²) in [6.45, 7) is 1.99. The lowest BCUT2D eigenvalue weighted by Gasteiger charge is -2.02. The van der Waals surface area contributed by atoms with E-state index in [1.165, 1.54) is 4.68 Å². The van der Waals surface area contributed by atoms with Gasteiger partial charge in [0.1, 0.15) is 29.2 Å². The molecule has 2 aromatic carbocycles. The first-order valence-corrected chi connectivity index (χ1v) is 7.67. The number of rotatable bonds is 3. The van der Waals surface area contributed by atoms with E-state index in [0.717, 1.165) is 16.8 Å². The average molecular weight is 325 g/mol. The molecule has 5 nitrogen and oxygen atoms in total. The van der Waals surface area contributed by atoms with Crippen LogP contribution in [0.15, 0.2) is 54.6 Å². The average Bonchev–Trinajstić information content (AvgIpc) is 2.98. The predicted molar refractivity (Wildman–Crippen MR) is 97.4 cm³/mol. The summed E-state index contributed by atoms with van der Waals surface area (Å²) >= 11 is 0. The van der Waals surface area contributed by atoms with Crippen LogP contribution in [0.2, 0.25) is 0 Å². The Hall–Kier alpha value is -3.83. The Labute approximate surface area is 145 Å². The van der Waals surface area contributed by atoms with Crippen LogP contribution in [0, 0.1) is 29.6 Å². The minimum absolute atomic E-state index is 0.198. The zero-order valence-electron chi connectivity index (χ0n) is 13.6. The van der Waals surface area contributed by atoms with Crippen LogP contribution in [0.4, 0.5) is 5.82 Å². The standard InChI is InChI=1S/C20H15N5/c1-14-7-9-15(10-8-14)11-16(12-21)19-18(13-22)20(23)25(24-19)17-5-3-2-4-6-17/h2-11H,23H2,1H3/b16-11+. The lowest BCUT2D eigenvalue weighted by molar-refractivity contribution is 0.885. The normalized spacial score (nSPS) is 10.9. The Bertz CT molecular complexity index is 1010. The quantitative estimate of drug-likeness (QED) is 0.743. The number of aromatic nitrogens is 2. The van der Waals surface area contributed by atoms with E-state index >= 15 is 0 Å². The van der Waals surface area contributed by atoms with Gasteiger partial charge in [-0.05, 0) is 30.7 Å². The van der Waals surface area contributed by atoms with E-state index in [1.807, 2.05) is 61.5 Å². The van der Waals surface area contributed by atoms with Crippen molar-refractivity contribution in [2.24, 2.45) is 0 Å². The highest BCUT2D eigenvalue weighted by molar-refractivity contribution is 5.91. The summed E-state index contributed by atoms with van der Waals surface area (Å²) in [4.78, 5) is 0. The van der Waals surface area contributed by atoms with Crippen LogP contribution < -0.4 is 5.73 Å². The maximum Gasteiger partial charge on any atom is 0.145 e. The van der Waals surface area contributed by atoms with Crippen molar-refractivity contribution in [2.75, 3.05) is 5.73 Å². The molecule has 0 saturated heterocycles. The summed E-state index contributed by atoms with van der Waals surface area (Å²) < 4.78 is 1.48. The lowest BCUT2D eigenvalue weighted by atomic mass is 10.1. The molecule has 0 radical (unpaired) electrons. The molecule has 3 aromatic rings. The smallest absolute Gasteiger partial charge is 0.145 e. The third-order valence-electron chi connectivity index (χ3n) is 3.80. The molecular formula is C20H15N5. The number of nitrogen functional groups attached to an aromatic ring is 1. The van der Waals surface area contributed by atoms with E-state index in [2.05, 4.69) is 17.2 Å². The molecule has 2 N–H and O–H groups in total. The molecule has 0 bridgehead atoms. The molecule has 0 spiro atoms. The molecule has 0 aliphatic heterocycles. The van der Waals surface area contributed by atoms with Gasteiger partial charge in [-0.25, -0.2) is 4.68 Å². The highest BCUT2D eigenvalue weighted by atomic mass is 15.3. The molecular weight excluding hydrogens is 310 g/mol. The van der Waals surface area contributed by atoms with E-state index in [-0.39, 0.29) is 17.1 Å². The molecule has 0 amide bonds. The number of para-hydroxylation sites is 1. The van der Waals surface area contributed by atoms with E-state index in [1.54, 1.807) is 6.08 Å². The highest BCUT2D eigenvalue weighted by Gasteiger charge is 2.19. The van der Waals surface area contributed by atoms with Gasteiger partial charge in [-0.3, -0.25) is 0 Å². The van der Waals surface area contributed by atoms with Crippen LogP contribution in [0.5, 0.6) is 0 Å². The largest absolute Gasteiger partial charge is 0.382 e. The first-order chi connectivity index (χ1) is 12.1. The van der Waals surface area contributed by atoms with Crippen molar-refractivity contribution in [2.45, 2.75) is 6.92 Å². The van der Waals surface area contributed by atoms with Gasteiger partial charge in [0.05, 0.1) is 11.3 Å². The third kappa shape index (κ3) is 3.12. The number of hydrogen-bond donors (Lipinski definition) is 1. The van der Waals surface area contributed by atoms with Gasteiger partial charge in [-0.1, -0.05) is 48.0 Å². The van der Waals surface area contributed by atoms with Gasteiger partial charge < -0.3 is 5.73 Å². The number of benzene rings is 2. The summed E-state index contributed by atoms with van der Waals surface area (Å²) in [5.41, 5.74) is 9.59. The molecule has 0 aliphatic carbocycles. The van der Waals surface area contributed by atoms with Gasteiger partial charge in [-0.15, -0.1) is 0 Å². The second-order valence-corrected chi connectivity index (χ2v) is 5.55. The molecule has 25 heavy (non-hydrogen) atoms.